The highest BCUT2D eigenvalue weighted by atomic mass is 17.2. The Balaban J connectivity index is 2.62. The molecule has 0 aliphatic rings. The second-order valence-corrected chi connectivity index (χ2v) is 3.21. The van der Waals surface area contributed by atoms with E-state index in [1.807, 2.05) is 0 Å². The van der Waals surface area contributed by atoms with Gasteiger partial charge in [-0.1, -0.05) is 0 Å². The quantitative estimate of drug-likeness (QED) is 0.462. The number of benzene rings is 1. The third kappa shape index (κ3) is 4.15. The summed E-state index contributed by atoms with van der Waals surface area (Å²) in [5.41, 5.74) is 0.554. The van der Waals surface area contributed by atoms with Crippen LogP contribution in [-0.2, 0) is 14.5 Å². The van der Waals surface area contributed by atoms with Crippen molar-refractivity contribution < 1.29 is 29.2 Å². The summed E-state index contributed by atoms with van der Waals surface area (Å²) in [4.78, 5) is 31.7. The van der Waals surface area contributed by atoms with Gasteiger partial charge in [0.15, 0.2) is 0 Å². The van der Waals surface area contributed by atoms with E-state index in [1.54, 1.807) is 6.92 Å². The molecule has 0 atom stereocenters. The fourth-order valence-electron chi connectivity index (χ4n) is 1.12. The summed E-state index contributed by atoms with van der Waals surface area (Å²) in [7, 11) is 0. The summed E-state index contributed by atoms with van der Waals surface area (Å²) in [6.45, 7) is 1.66. The zero-order valence-electron chi connectivity index (χ0n) is 9.92. The van der Waals surface area contributed by atoms with Crippen LogP contribution in [0, 0.1) is 0 Å². The van der Waals surface area contributed by atoms with Gasteiger partial charge in [-0.05, 0) is 31.2 Å². The van der Waals surface area contributed by atoms with Crippen molar-refractivity contribution in [1.29, 1.82) is 0 Å². The molecular weight excluding hydrogens is 240 g/mol. The minimum atomic E-state index is -0.632. The number of ether oxygens (including phenoxy) is 1. The summed E-state index contributed by atoms with van der Waals surface area (Å²) < 4.78 is 4.71. The largest absolute Gasteiger partial charge is 0.460 e. The highest BCUT2D eigenvalue weighted by molar-refractivity contribution is 5.93. The molecule has 6 heteroatoms. The van der Waals surface area contributed by atoms with Crippen LogP contribution in [0.5, 0.6) is 0 Å². The van der Waals surface area contributed by atoms with Gasteiger partial charge in [0.2, 0.25) is 0 Å². The number of esters is 1. The normalized spacial score (nSPS) is 9.89. The smallest absolute Gasteiger partial charge is 0.373 e. The Kier molecular flexibility index (Phi) is 5.83. The van der Waals surface area contributed by atoms with Gasteiger partial charge in [0.25, 0.3) is 0 Å². The summed E-state index contributed by atoms with van der Waals surface area (Å²) in [5.74, 6) is -1.19. The van der Waals surface area contributed by atoms with Crippen molar-refractivity contribution in [3.05, 3.63) is 35.4 Å². The number of carbonyl (C=O) groups is 2. The molecule has 1 aromatic carbocycles. The molecule has 1 N–H and O–H groups in total. The van der Waals surface area contributed by atoms with E-state index in [0.717, 1.165) is 0 Å². The predicted molar refractivity (Wildman–Crippen MR) is 60.9 cm³/mol. The molecule has 1 aromatic rings. The second-order valence-electron chi connectivity index (χ2n) is 3.21. The van der Waals surface area contributed by atoms with E-state index in [9.17, 15) is 9.59 Å². The number of aliphatic hydroxyl groups excluding tert-OH is 1. The maximum Gasteiger partial charge on any atom is 0.373 e. The Labute approximate surface area is 104 Å². The fraction of sp³-hybridized carbons (Fsp3) is 0.333. The molecule has 0 heterocycles. The van der Waals surface area contributed by atoms with E-state index in [2.05, 4.69) is 9.78 Å². The van der Waals surface area contributed by atoms with Gasteiger partial charge in [0, 0.05) is 0 Å². The zero-order chi connectivity index (χ0) is 13.4. The lowest BCUT2D eigenvalue weighted by Gasteiger charge is -2.04. The van der Waals surface area contributed by atoms with Crippen LogP contribution in [0.1, 0.15) is 27.6 Å². The molecule has 0 radical (unpaired) electrons. The molecule has 1 rings (SSSR count). The Hall–Kier alpha value is -1.92. The zero-order valence-corrected chi connectivity index (χ0v) is 9.92. The summed E-state index contributed by atoms with van der Waals surface area (Å²) >= 11 is 0. The van der Waals surface area contributed by atoms with Crippen molar-refractivity contribution in [2.45, 2.75) is 6.92 Å². The SMILES string of the molecule is CCOOC(=O)c1ccc(C(=O)OCCO)cc1. The third-order valence-electron chi connectivity index (χ3n) is 1.93. The van der Waals surface area contributed by atoms with Crippen LogP contribution in [0.4, 0.5) is 0 Å². The summed E-state index contributed by atoms with van der Waals surface area (Å²) in [6, 6.07) is 5.72. The van der Waals surface area contributed by atoms with E-state index in [0.29, 0.717) is 0 Å². The Bertz CT molecular complexity index is 359. The lowest BCUT2D eigenvalue weighted by atomic mass is 10.1. The van der Waals surface area contributed by atoms with Gasteiger partial charge < -0.3 is 9.84 Å². The molecule has 18 heavy (non-hydrogen) atoms. The number of carbonyl (C=O) groups excluding carboxylic acids is 2. The third-order valence-corrected chi connectivity index (χ3v) is 1.93. The molecular formula is C12H14O6. The lowest BCUT2D eigenvalue weighted by Crippen LogP contribution is -2.10. The average Bonchev–Trinajstić information content (AvgIpc) is 2.42. The van der Waals surface area contributed by atoms with Crippen LogP contribution in [0.25, 0.3) is 0 Å². The van der Waals surface area contributed by atoms with E-state index in [4.69, 9.17) is 9.84 Å². The standard InChI is InChI=1S/C12H14O6/c1-2-17-18-12(15)10-5-3-9(4-6-10)11(14)16-8-7-13/h3-6,13H,2,7-8H2,1H3. The minimum absolute atomic E-state index is 0.0625. The second kappa shape index (κ2) is 7.41. The number of hydrogen-bond acceptors (Lipinski definition) is 6. The van der Waals surface area contributed by atoms with Crippen molar-refractivity contribution in [1.82, 2.24) is 0 Å². The first-order chi connectivity index (χ1) is 8.69. The van der Waals surface area contributed by atoms with Gasteiger partial charge in [-0.25, -0.2) is 9.59 Å². The Morgan fingerprint density at radius 3 is 2.17 bits per heavy atom. The first-order valence-corrected chi connectivity index (χ1v) is 5.41. The predicted octanol–water partition coefficient (Wildman–Crippen LogP) is 0.944. The molecule has 0 amide bonds. The molecule has 0 aromatic heterocycles. The molecule has 98 valence electrons. The van der Waals surface area contributed by atoms with Gasteiger partial charge in [0.05, 0.1) is 24.3 Å². The van der Waals surface area contributed by atoms with Crippen molar-refractivity contribution in [2.75, 3.05) is 19.8 Å². The van der Waals surface area contributed by atoms with E-state index in [-0.39, 0.29) is 30.9 Å². The lowest BCUT2D eigenvalue weighted by molar-refractivity contribution is -0.236. The van der Waals surface area contributed by atoms with Crippen molar-refractivity contribution in [2.24, 2.45) is 0 Å². The number of aliphatic hydroxyl groups is 1. The van der Waals surface area contributed by atoms with Crippen LogP contribution in [-0.4, -0.2) is 36.9 Å². The molecule has 0 aliphatic carbocycles. The van der Waals surface area contributed by atoms with Gasteiger partial charge in [0.1, 0.15) is 6.61 Å². The maximum absolute atomic E-state index is 11.4. The molecule has 0 spiro atoms. The monoisotopic (exact) mass is 254 g/mol. The van der Waals surface area contributed by atoms with Crippen LogP contribution >= 0.6 is 0 Å². The van der Waals surface area contributed by atoms with Gasteiger partial charge in [-0.3, -0.25) is 4.89 Å². The molecule has 0 saturated heterocycles. The molecule has 0 bridgehead atoms. The molecule has 0 unspecified atom stereocenters. The number of hydrogen-bond donors (Lipinski definition) is 1. The van der Waals surface area contributed by atoms with Crippen molar-refractivity contribution in [3.8, 4) is 0 Å². The van der Waals surface area contributed by atoms with Crippen molar-refractivity contribution in [3.63, 3.8) is 0 Å². The molecule has 0 aliphatic heterocycles. The minimum Gasteiger partial charge on any atom is -0.460 e. The van der Waals surface area contributed by atoms with Crippen LogP contribution in [0.3, 0.4) is 0 Å². The van der Waals surface area contributed by atoms with E-state index in [1.165, 1.54) is 24.3 Å². The molecule has 6 nitrogen and oxygen atoms in total. The highest BCUT2D eigenvalue weighted by Gasteiger charge is 2.11. The molecule has 0 saturated carbocycles. The first kappa shape index (κ1) is 14.1. The van der Waals surface area contributed by atoms with Gasteiger partial charge in [-0.15, -0.1) is 0 Å². The van der Waals surface area contributed by atoms with E-state index < -0.39 is 11.9 Å². The van der Waals surface area contributed by atoms with Crippen molar-refractivity contribution >= 4 is 11.9 Å². The van der Waals surface area contributed by atoms with Gasteiger partial charge in [-0.2, -0.15) is 4.89 Å². The Morgan fingerprint density at radius 2 is 1.67 bits per heavy atom. The Morgan fingerprint density at radius 1 is 1.11 bits per heavy atom. The fourth-order valence-corrected chi connectivity index (χ4v) is 1.12. The highest BCUT2D eigenvalue weighted by Crippen LogP contribution is 2.07. The van der Waals surface area contributed by atoms with E-state index >= 15 is 0 Å². The summed E-state index contributed by atoms with van der Waals surface area (Å²) in [5, 5.41) is 8.51. The summed E-state index contributed by atoms with van der Waals surface area (Å²) in [6.07, 6.45) is 0. The maximum atomic E-state index is 11.4. The van der Waals surface area contributed by atoms with Crippen LogP contribution in [0.15, 0.2) is 24.3 Å². The van der Waals surface area contributed by atoms with Gasteiger partial charge >= 0.3 is 11.9 Å². The molecule has 0 fully saturated rings. The topological polar surface area (TPSA) is 82.1 Å². The first-order valence-electron chi connectivity index (χ1n) is 5.41. The average molecular weight is 254 g/mol. The van der Waals surface area contributed by atoms with Crippen LogP contribution in [0.2, 0.25) is 0 Å². The number of rotatable bonds is 6. The van der Waals surface area contributed by atoms with Crippen LogP contribution < -0.4 is 0 Å².